The number of rotatable bonds is 4. The summed E-state index contributed by atoms with van der Waals surface area (Å²) in [6, 6.07) is 7.27. The largest absolute Gasteiger partial charge is 0.508 e. The van der Waals surface area contributed by atoms with Crippen LogP contribution in [0.3, 0.4) is 0 Å². The summed E-state index contributed by atoms with van der Waals surface area (Å²) < 4.78 is 8.61. The standard InChI is InChI=1S/C9H10O.C4H6O.C2H6O.H2O/c1-2-5-8-6-3-4-7-9(8)10;1-3-5-4-2;1-3-2;/h2-4,6-7,10H,1,5H2;3-4H,1-2H2;1-2H3;1H2. The molecule has 19 heavy (non-hydrogen) atoms. The second kappa shape index (κ2) is 18.3. The van der Waals surface area contributed by atoms with Gasteiger partial charge in [0.2, 0.25) is 0 Å². The summed E-state index contributed by atoms with van der Waals surface area (Å²) in [5.41, 5.74) is 0.928. The normalized spacial score (nSPS) is 7.26. The van der Waals surface area contributed by atoms with Gasteiger partial charge in [-0.1, -0.05) is 37.4 Å². The van der Waals surface area contributed by atoms with Gasteiger partial charge in [-0.15, -0.1) is 6.58 Å². The fourth-order valence-electron chi connectivity index (χ4n) is 0.907. The quantitative estimate of drug-likeness (QED) is 0.674. The SMILES string of the molecule is C=CCc1ccccc1O.C=COC=C.COC.O. The summed E-state index contributed by atoms with van der Waals surface area (Å²) in [4.78, 5) is 0. The van der Waals surface area contributed by atoms with Crippen molar-refractivity contribution in [1.29, 1.82) is 0 Å². The lowest BCUT2D eigenvalue weighted by molar-refractivity contribution is 0.277. The second-order valence-electron chi connectivity index (χ2n) is 3.00. The van der Waals surface area contributed by atoms with Crippen LogP contribution in [0.4, 0.5) is 0 Å². The molecule has 0 atom stereocenters. The second-order valence-corrected chi connectivity index (χ2v) is 3.00. The molecule has 0 aliphatic rings. The van der Waals surface area contributed by atoms with E-state index < -0.39 is 0 Å². The number of allylic oxidation sites excluding steroid dienone is 1. The zero-order chi connectivity index (χ0) is 14.2. The first kappa shape index (κ1) is 22.2. The number of hydrogen-bond acceptors (Lipinski definition) is 3. The summed E-state index contributed by atoms with van der Waals surface area (Å²) in [5, 5.41) is 9.19. The molecule has 1 aromatic carbocycles. The van der Waals surface area contributed by atoms with Gasteiger partial charge < -0.3 is 20.1 Å². The zero-order valence-electron chi connectivity index (χ0n) is 11.6. The highest BCUT2D eigenvalue weighted by Gasteiger charge is 1.93. The van der Waals surface area contributed by atoms with E-state index in [1.165, 1.54) is 12.5 Å². The van der Waals surface area contributed by atoms with E-state index in [1.54, 1.807) is 26.4 Å². The van der Waals surface area contributed by atoms with E-state index in [4.69, 9.17) is 0 Å². The third-order valence-corrected chi connectivity index (χ3v) is 1.55. The third kappa shape index (κ3) is 16.0. The van der Waals surface area contributed by atoms with Crippen LogP contribution in [0.1, 0.15) is 5.56 Å². The summed E-state index contributed by atoms with van der Waals surface area (Å²) in [5.74, 6) is 0.349. The van der Waals surface area contributed by atoms with E-state index in [-0.39, 0.29) is 5.48 Å². The summed E-state index contributed by atoms with van der Waals surface area (Å²) >= 11 is 0. The Morgan fingerprint density at radius 1 is 1.11 bits per heavy atom. The Kier molecular flexibility index (Phi) is 21.4. The van der Waals surface area contributed by atoms with Crippen molar-refractivity contribution in [3.63, 3.8) is 0 Å². The lowest BCUT2D eigenvalue weighted by Crippen LogP contribution is -1.79. The molecule has 0 radical (unpaired) electrons. The Bertz CT molecular complexity index is 329. The van der Waals surface area contributed by atoms with Gasteiger partial charge in [-0.05, 0) is 18.1 Å². The summed E-state index contributed by atoms with van der Waals surface area (Å²) in [6.45, 7) is 10.1. The average molecular weight is 268 g/mol. The van der Waals surface area contributed by atoms with Crippen molar-refractivity contribution in [2.45, 2.75) is 6.42 Å². The van der Waals surface area contributed by atoms with Crippen LogP contribution in [0.15, 0.2) is 62.6 Å². The van der Waals surface area contributed by atoms with Gasteiger partial charge in [-0.25, -0.2) is 0 Å². The molecular formula is C15H24O4. The van der Waals surface area contributed by atoms with E-state index in [2.05, 4.69) is 29.2 Å². The average Bonchev–Trinajstić information content (AvgIpc) is 2.35. The van der Waals surface area contributed by atoms with Gasteiger partial charge in [-0.3, -0.25) is 0 Å². The molecule has 1 aromatic rings. The molecule has 4 nitrogen and oxygen atoms in total. The van der Waals surface area contributed by atoms with Crippen molar-refractivity contribution in [3.8, 4) is 5.75 Å². The molecule has 0 heterocycles. The molecule has 0 amide bonds. The molecule has 0 fully saturated rings. The summed E-state index contributed by atoms with van der Waals surface area (Å²) in [6.07, 6.45) is 5.13. The van der Waals surface area contributed by atoms with E-state index in [9.17, 15) is 5.11 Å². The van der Waals surface area contributed by atoms with Gasteiger partial charge in [-0.2, -0.15) is 0 Å². The van der Waals surface area contributed by atoms with Crippen LogP contribution in [0, 0.1) is 0 Å². The van der Waals surface area contributed by atoms with E-state index >= 15 is 0 Å². The molecule has 0 bridgehead atoms. The summed E-state index contributed by atoms with van der Waals surface area (Å²) in [7, 11) is 3.25. The van der Waals surface area contributed by atoms with Crippen molar-refractivity contribution in [2.75, 3.05) is 14.2 Å². The van der Waals surface area contributed by atoms with E-state index in [0.717, 1.165) is 12.0 Å². The van der Waals surface area contributed by atoms with Crippen LogP contribution < -0.4 is 0 Å². The monoisotopic (exact) mass is 268 g/mol. The lowest BCUT2D eigenvalue weighted by Gasteiger charge is -1.97. The Morgan fingerprint density at radius 2 is 1.58 bits per heavy atom. The molecule has 4 heteroatoms. The minimum atomic E-state index is 0. The lowest BCUT2D eigenvalue weighted by atomic mass is 10.1. The van der Waals surface area contributed by atoms with Crippen molar-refractivity contribution >= 4 is 0 Å². The number of hydrogen-bond donors (Lipinski definition) is 1. The van der Waals surface area contributed by atoms with Gasteiger partial charge in [0.15, 0.2) is 0 Å². The Morgan fingerprint density at radius 3 is 1.89 bits per heavy atom. The van der Waals surface area contributed by atoms with Crippen LogP contribution in [0.5, 0.6) is 5.75 Å². The van der Waals surface area contributed by atoms with Crippen LogP contribution in [0.25, 0.3) is 0 Å². The number of phenolic OH excluding ortho intramolecular Hbond substituents is 1. The smallest absolute Gasteiger partial charge is 0.119 e. The number of benzene rings is 1. The fraction of sp³-hybridized carbons (Fsp3) is 0.200. The Labute approximate surface area is 115 Å². The van der Waals surface area contributed by atoms with Crippen LogP contribution in [0.2, 0.25) is 0 Å². The molecule has 0 aliphatic heterocycles. The van der Waals surface area contributed by atoms with Gasteiger partial charge in [0.1, 0.15) is 5.75 Å². The number of aromatic hydroxyl groups is 1. The highest BCUT2D eigenvalue weighted by Crippen LogP contribution is 2.15. The molecule has 0 spiro atoms. The number of ether oxygens (including phenoxy) is 2. The topological polar surface area (TPSA) is 70.2 Å². The van der Waals surface area contributed by atoms with E-state index in [0.29, 0.717) is 5.75 Å². The maximum atomic E-state index is 9.19. The van der Waals surface area contributed by atoms with Crippen LogP contribution in [-0.4, -0.2) is 24.8 Å². The van der Waals surface area contributed by atoms with Gasteiger partial charge in [0.05, 0.1) is 12.5 Å². The van der Waals surface area contributed by atoms with Crippen LogP contribution in [-0.2, 0) is 15.9 Å². The molecule has 108 valence electrons. The van der Waals surface area contributed by atoms with Crippen molar-refractivity contribution in [1.82, 2.24) is 0 Å². The molecule has 0 unspecified atom stereocenters. The highest BCUT2D eigenvalue weighted by atomic mass is 16.5. The first-order valence-corrected chi connectivity index (χ1v) is 5.33. The molecule has 0 aromatic heterocycles. The maximum Gasteiger partial charge on any atom is 0.119 e. The molecular weight excluding hydrogens is 244 g/mol. The molecule has 0 saturated carbocycles. The zero-order valence-corrected chi connectivity index (χ0v) is 11.6. The maximum absolute atomic E-state index is 9.19. The van der Waals surface area contributed by atoms with Gasteiger partial charge >= 0.3 is 0 Å². The van der Waals surface area contributed by atoms with Gasteiger partial charge in [0.25, 0.3) is 0 Å². The number of methoxy groups -OCH3 is 1. The number of phenols is 1. The Balaban J connectivity index is -0.000000243. The first-order chi connectivity index (χ1) is 8.67. The van der Waals surface area contributed by atoms with E-state index in [1.807, 2.05) is 18.2 Å². The minimum Gasteiger partial charge on any atom is -0.508 e. The molecule has 0 aliphatic carbocycles. The molecule has 0 saturated heterocycles. The first-order valence-electron chi connectivity index (χ1n) is 5.33. The predicted octanol–water partition coefficient (Wildman–Crippen LogP) is 2.85. The van der Waals surface area contributed by atoms with Crippen molar-refractivity contribution in [2.24, 2.45) is 0 Å². The van der Waals surface area contributed by atoms with Gasteiger partial charge in [0, 0.05) is 14.2 Å². The van der Waals surface area contributed by atoms with Crippen LogP contribution >= 0.6 is 0 Å². The predicted molar refractivity (Wildman–Crippen MR) is 80.0 cm³/mol. The Hall–Kier alpha value is -2.04. The van der Waals surface area contributed by atoms with Crippen molar-refractivity contribution < 1.29 is 20.1 Å². The highest BCUT2D eigenvalue weighted by molar-refractivity contribution is 5.32. The molecule has 3 N–H and O–H groups in total. The minimum absolute atomic E-state index is 0. The van der Waals surface area contributed by atoms with Crippen molar-refractivity contribution in [3.05, 3.63) is 68.2 Å². The number of para-hydroxylation sites is 1. The fourth-order valence-corrected chi connectivity index (χ4v) is 0.907. The third-order valence-electron chi connectivity index (χ3n) is 1.55. The molecule has 1 rings (SSSR count).